The Balaban J connectivity index is 2.59. The van der Waals surface area contributed by atoms with E-state index in [1.165, 1.54) is 16.7 Å². The van der Waals surface area contributed by atoms with E-state index >= 15 is 0 Å². The first-order valence-electron chi connectivity index (χ1n) is 5.20. The van der Waals surface area contributed by atoms with Crippen molar-refractivity contribution in [3.8, 4) is 0 Å². The molecule has 0 spiro atoms. The van der Waals surface area contributed by atoms with Gasteiger partial charge in [-0.2, -0.15) is 0 Å². The lowest BCUT2D eigenvalue weighted by molar-refractivity contribution is 0.0665. The fourth-order valence-electron chi connectivity index (χ4n) is 2.49. The maximum Gasteiger partial charge on any atom is 0.0846 e. The quantitative estimate of drug-likeness (QED) is 0.667. The Bertz CT molecular complexity index is 377. The zero-order valence-electron chi connectivity index (χ0n) is 9.39. The summed E-state index contributed by atoms with van der Waals surface area (Å²) in [4.78, 5) is 0. The molecule has 1 unspecified atom stereocenters. The third-order valence-electron chi connectivity index (χ3n) is 3.32. The van der Waals surface area contributed by atoms with E-state index in [0.29, 0.717) is 0 Å². The first-order valence-corrected chi connectivity index (χ1v) is 5.20. The van der Waals surface area contributed by atoms with Crippen LogP contribution in [0.2, 0.25) is 0 Å². The van der Waals surface area contributed by atoms with E-state index in [1.807, 2.05) is 0 Å². The molecule has 1 aromatic rings. The Morgan fingerprint density at radius 2 is 1.93 bits per heavy atom. The van der Waals surface area contributed by atoms with Crippen molar-refractivity contribution in [2.75, 3.05) is 0 Å². The predicted octanol–water partition coefficient (Wildman–Crippen LogP) is 2.92. The van der Waals surface area contributed by atoms with Gasteiger partial charge in [0.15, 0.2) is 0 Å². The minimum absolute atomic E-state index is 0.000880. The van der Waals surface area contributed by atoms with Crippen LogP contribution in [-0.2, 0) is 6.42 Å². The zero-order chi connectivity index (χ0) is 10.5. The molecule has 1 nitrogen and oxygen atoms in total. The smallest absolute Gasteiger partial charge is 0.0846 e. The van der Waals surface area contributed by atoms with Crippen LogP contribution in [0, 0.1) is 19.3 Å². The van der Waals surface area contributed by atoms with Gasteiger partial charge in [0.25, 0.3) is 0 Å². The number of rotatable bonds is 0. The number of hydrogen-bond acceptors (Lipinski definition) is 1. The molecule has 2 rings (SSSR count). The molecule has 0 amide bonds. The van der Waals surface area contributed by atoms with E-state index < -0.39 is 0 Å². The molecule has 14 heavy (non-hydrogen) atoms. The second kappa shape index (κ2) is 2.83. The van der Waals surface area contributed by atoms with E-state index in [0.717, 1.165) is 12.0 Å². The van der Waals surface area contributed by atoms with Crippen LogP contribution in [0.4, 0.5) is 0 Å². The molecule has 0 aliphatic heterocycles. The monoisotopic (exact) mass is 190 g/mol. The molecule has 0 saturated heterocycles. The number of aliphatic hydroxyl groups excluding tert-OH is 1. The molecule has 1 N–H and O–H groups in total. The lowest BCUT2D eigenvalue weighted by Gasteiger charge is -2.22. The molecule has 1 aromatic carbocycles. The Morgan fingerprint density at radius 1 is 1.29 bits per heavy atom. The summed E-state index contributed by atoms with van der Waals surface area (Å²) >= 11 is 0. The van der Waals surface area contributed by atoms with E-state index in [4.69, 9.17) is 0 Å². The van der Waals surface area contributed by atoms with Gasteiger partial charge in [-0.1, -0.05) is 31.5 Å². The SMILES string of the molecule is Cc1cc(C)c2c(c1)C(O)C(C)(C)C2. The summed E-state index contributed by atoms with van der Waals surface area (Å²) in [6, 6.07) is 4.33. The highest BCUT2D eigenvalue weighted by atomic mass is 16.3. The summed E-state index contributed by atoms with van der Waals surface area (Å²) in [5, 5.41) is 10.2. The molecule has 0 bridgehead atoms. The maximum absolute atomic E-state index is 10.2. The van der Waals surface area contributed by atoms with Gasteiger partial charge in [0.1, 0.15) is 0 Å². The van der Waals surface area contributed by atoms with Crippen LogP contribution >= 0.6 is 0 Å². The standard InChI is InChI=1S/C13H18O/c1-8-5-9(2)11-7-13(3,4)12(14)10(11)6-8/h5-6,12,14H,7H2,1-4H3. The third kappa shape index (κ3) is 1.27. The van der Waals surface area contributed by atoms with Gasteiger partial charge in [0, 0.05) is 0 Å². The van der Waals surface area contributed by atoms with Gasteiger partial charge in [-0.05, 0) is 42.4 Å². The van der Waals surface area contributed by atoms with Gasteiger partial charge in [-0.3, -0.25) is 0 Å². The Labute approximate surface area is 85.8 Å². The van der Waals surface area contributed by atoms with E-state index in [1.54, 1.807) is 0 Å². The van der Waals surface area contributed by atoms with Crippen molar-refractivity contribution >= 4 is 0 Å². The van der Waals surface area contributed by atoms with Crippen LogP contribution in [0.25, 0.3) is 0 Å². The lowest BCUT2D eigenvalue weighted by Crippen LogP contribution is -2.16. The third-order valence-corrected chi connectivity index (χ3v) is 3.32. The van der Waals surface area contributed by atoms with Crippen molar-refractivity contribution in [1.29, 1.82) is 0 Å². The first-order chi connectivity index (χ1) is 6.42. The molecule has 0 heterocycles. The molecule has 0 aromatic heterocycles. The van der Waals surface area contributed by atoms with Crippen molar-refractivity contribution in [1.82, 2.24) is 0 Å². The average molecular weight is 190 g/mol. The molecule has 1 aliphatic rings. The van der Waals surface area contributed by atoms with Crippen molar-refractivity contribution in [3.63, 3.8) is 0 Å². The highest BCUT2D eigenvalue weighted by Crippen LogP contribution is 2.46. The molecular weight excluding hydrogens is 172 g/mol. The zero-order valence-corrected chi connectivity index (χ0v) is 9.39. The highest BCUT2D eigenvalue weighted by Gasteiger charge is 2.38. The lowest BCUT2D eigenvalue weighted by atomic mass is 9.87. The Morgan fingerprint density at radius 3 is 2.57 bits per heavy atom. The van der Waals surface area contributed by atoms with Gasteiger partial charge in [0.05, 0.1) is 6.10 Å². The fourth-order valence-corrected chi connectivity index (χ4v) is 2.49. The van der Waals surface area contributed by atoms with Gasteiger partial charge in [-0.15, -0.1) is 0 Å². The largest absolute Gasteiger partial charge is 0.388 e. The van der Waals surface area contributed by atoms with E-state index in [9.17, 15) is 5.11 Å². The van der Waals surface area contributed by atoms with Crippen LogP contribution in [0.15, 0.2) is 12.1 Å². The van der Waals surface area contributed by atoms with Crippen LogP contribution in [0.1, 0.15) is 42.2 Å². The fraction of sp³-hybridized carbons (Fsp3) is 0.538. The predicted molar refractivity (Wildman–Crippen MR) is 58.4 cm³/mol. The summed E-state index contributed by atoms with van der Waals surface area (Å²) in [5.41, 5.74) is 5.07. The van der Waals surface area contributed by atoms with Crippen LogP contribution in [0.3, 0.4) is 0 Å². The summed E-state index contributed by atoms with van der Waals surface area (Å²) in [5.74, 6) is 0. The average Bonchev–Trinajstić information content (AvgIpc) is 2.28. The van der Waals surface area contributed by atoms with Crippen molar-refractivity contribution in [2.45, 2.75) is 40.2 Å². The van der Waals surface area contributed by atoms with Crippen LogP contribution in [0.5, 0.6) is 0 Å². The van der Waals surface area contributed by atoms with Gasteiger partial charge >= 0.3 is 0 Å². The number of aliphatic hydroxyl groups is 1. The van der Waals surface area contributed by atoms with Crippen molar-refractivity contribution in [2.24, 2.45) is 5.41 Å². The number of aryl methyl sites for hydroxylation is 2. The molecule has 1 heteroatoms. The van der Waals surface area contributed by atoms with Crippen molar-refractivity contribution < 1.29 is 5.11 Å². The number of hydrogen-bond donors (Lipinski definition) is 1. The number of fused-ring (bicyclic) bond motifs is 1. The minimum Gasteiger partial charge on any atom is -0.388 e. The van der Waals surface area contributed by atoms with Crippen molar-refractivity contribution in [3.05, 3.63) is 34.4 Å². The summed E-state index contributed by atoms with van der Waals surface area (Å²) in [7, 11) is 0. The number of benzene rings is 1. The van der Waals surface area contributed by atoms with E-state index in [-0.39, 0.29) is 11.5 Å². The highest BCUT2D eigenvalue weighted by molar-refractivity contribution is 5.44. The summed E-state index contributed by atoms with van der Waals surface area (Å²) in [6.07, 6.45) is 0.700. The van der Waals surface area contributed by atoms with Gasteiger partial charge in [0.2, 0.25) is 0 Å². The topological polar surface area (TPSA) is 20.2 Å². The van der Waals surface area contributed by atoms with Crippen LogP contribution < -0.4 is 0 Å². The minimum atomic E-state index is -0.295. The molecule has 0 fully saturated rings. The molecule has 0 radical (unpaired) electrons. The van der Waals surface area contributed by atoms with E-state index in [2.05, 4.69) is 39.8 Å². The molecule has 1 atom stereocenters. The summed E-state index contributed by atoms with van der Waals surface area (Å²) in [6.45, 7) is 8.49. The second-order valence-corrected chi connectivity index (χ2v) is 5.22. The maximum atomic E-state index is 10.2. The summed E-state index contributed by atoms with van der Waals surface area (Å²) < 4.78 is 0. The normalized spacial score (nSPS) is 23.6. The Kier molecular flexibility index (Phi) is 1.97. The first kappa shape index (κ1) is 9.72. The van der Waals surface area contributed by atoms with Gasteiger partial charge < -0.3 is 5.11 Å². The molecular formula is C13H18O. The molecule has 76 valence electrons. The Hall–Kier alpha value is -0.820. The molecule has 0 saturated carbocycles. The second-order valence-electron chi connectivity index (χ2n) is 5.22. The van der Waals surface area contributed by atoms with Gasteiger partial charge in [-0.25, -0.2) is 0 Å². The van der Waals surface area contributed by atoms with Crippen LogP contribution in [-0.4, -0.2) is 5.11 Å². The molecule has 1 aliphatic carbocycles.